The van der Waals surface area contributed by atoms with Crippen molar-refractivity contribution in [2.24, 2.45) is 0 Å². The minimum absolute atomic E-state index is 0.140. The van der Waals surface area contributed by atoms with Crippen LogP contribution in [0.1, 0.15) is 11.1 Å². The maximum atomic E-state index is 10.7. The second-order valence-electron chi connectivity index (χ2n) is 2.98. The van der Waals surface area contributed by atoms with E-state index in [0.29, 0.717) is 6.41 Å². The number of carbonyl (C=O) groups excluding carboxylic acids is 1. The molecule has 78 valence electrons. The van der Waals surface area contributed by atoms with Crippen LogP contribution in [0, 0.1) is 6.92 Å². The fraction of sp³-hybridized carbons (Fsp3) is 0.0909. The summed E-state index contributed by atoms with van der Waals surface area (Å²) in [5.41, 5.74) is 1.58. The van der Waals surface area contributed by atoms with E-state index in [4.69, 9.17) is 5.11 Å². The predicted octanol–water partition coefficient (Wildman–Crippen LogP) is 1.17. The van der Waals surface area contributed by atoms with Gasteiger partial charge in [0.2, 0.25) is 6.41 Å². The normalized spacial score (nSPS) is 10.9. The molecule has 0 aliphatic carbocycles. The van der Waals surface area contributed by atoms with Crippen molar-refractivity contribution in [1.29, 1.82) is 0 Å². The fourth-order valence-electron chi connectivity index (χ4n) is 1.13. The lowest BCUT2D eigenvalue weighted by Gasteiger charge is -2.02. The molecule has 0 spiro atoms. The third kappa shape index (κ3) is 2.95. The van der Waals surface area contributed by atoms with Gasteiger partial charge < -0.3 is 10.4 Å². The summed E-state index contributed by atoms with van der Waals surface area (Å²) in [6.07, 6.45) is 1.77. The molecule has 4 heteroatoms. The summed E-state index contributed by atoms with van der Waals surface area (Å²) in [6, 6.07) is 7.32. The highest BCUT2D eigenvalue weighted by atomic mass is 16.4. The number of benzene rings is 1. The van der Waals surface area contributed by atoms with E-state index in [-0.39, 0.29) is 5.70 Å². The second kappa shape index (κ2) is 4.95. The lowest BCUT2D eigenvalue weighted by atomic mass is 10.1. The van der Waals surface area contributed by atoms with Gasteiger partial charge in [0.25, 0.3) is 0 Å². The maximum absolute atomic E-state index is 10.7. The van der Waals surface area contributed by atoms with Gasteiger partial charge in [-0.3, -0.25) is 4.79 Å². The molecule has 4 nitrogen and oxygen atoms in total. The highest BCUT2D eigenvalue weighted by Gasteiger charge is 2.06. The molecule has 2 N–H and O–H groups in total. The molecule has 0 saturated heterocycles. The first-order chi connectivity index (χ1) is 7.15. The largest absolute Gasteiger partial charge is 0.477 e. The molecule has 0 fully saturated rings. The number of aliphatic carboxylic acids is 1. The molecule has 0 radical (unpaired) electrons. The molecule has 0 heterocycles. The summed E-state index contributed by atoms with van der Waals surface area (Å²) in [6.45, 7) is 1.87. The Morgan fingerprint density at radius 3 is 2.60 bits per heavy atom. The van der Waals surface area contributed by atoms with Gasteiger partial charge in [0.05, 0.1) is 0 Å². The van der Waals surface area contributed by atoms with Crippen LogP contribution < -0.4 is 5.32 Å². The number of carboxylic acid groups (broad SMARTS) is 1. The van der Waals surface area contributed by atoms with Crippen molar-refractivity contribution in [2.75, 3.05) is 0 Å². The fourth-order valence-corrected chi connectivity index (χ4v) is 1.13. The minimum Gasteiger partial charge on any atom is -0.477 e. The third-order valence-electron chi connectivity index (χ3n) is 1.93. The smallest absolute Gasteiger partial charge is 0.352 e. The maximum Gasteiger partial charge on any atom is 0.352 e. The van der Waals surface area contributed by atoms with E-state index in [1.807, 2.05) is 19.1 Å². The molecule has 0 aromatic heterocycles. The Kier molecular flexibility index (Phi) is 3.62. The molecule has 0 aliphatic rings. The van der Waals surface area contributed by atoms with Crippen molar-refractivity contribution >= 4 is 18.5 Å². The summed E-state index contributed by atoms with van der Waals surface area (Å²) >= 11 is 0. The van der Waals surface area contributed by atoms with Gasteiger partial charge in [-0.2, -0.15) is 0 Å². The molecule has 0 bridgehead atoms. The average molecular weight is 205 g/mol. The highest BCUT2D eigenvalue weighted by Crippen LogP contribution is 2.10. The Hall–Kier alpha value is -2.10. The van der Waals surface area contributed by atoms with Crippen LogP contribution in [0.25, 0.3) is 6.08 Å². The molecule has 0 aliphatic heterocycles. The molecule has 0 atom stereocenters. The summed E-state index contributed by atoms with van der Waals surface area (Å²) < 4.78 is 0. The Labute approximate surface area is 87.2 Å². The van der Waals surface area contributed by atoms with E-state index in [0.717, 1.165) is 11.1 Å². The monoisotopic (exact) mass is 205 g/mol. The molecular weight excluding hydrogens is 194 g/mol. The Balaban J connectivity index is 3.07. The van der Waals surface area contributed by atoms with E-state index in [9.17, 15) is 9.59 Å². The number of nitrogens with one attached hydrogen (secondary N) is 1. The molecule has 15 heavy (non-hydrogen) atoms. The topological polar surface area (TPSA) is 66.4 Å². The molecule has 1 aromatic rings. The van der Waals surface area contributed by atoms with Crippen LogP contribution in [-0.4, -0.2) is 17.5 Å². The predicted molar refractivity (Wildman–Crippen MR) is 56.0 cm³/mol. The minimum atomic E-state index is -1.16. The SMILES string of the molecule is Cc1ccccc1C=C(NC=O)C(=O)O. The van der Waals surface area contributed by atoms with Gasteiger partial charge in [0.15, 0.2) is 0 Å². The van der Waals surface area contributed by atoms with Gasteiger partial charge in [-0.15, -0.1) is 0 Å². The van der Waals surface area contributed by atoms with E-state index in [1.54, 1.807) is 12.1 Å². The van der Waals surface area contributed by atoms with E-state index < -0.39 is 5.97 Å². The Morgan fingerprint density at radius 2 is 2.07 bits per heavy atom. The molecule has 0 unspecified atom stereocenters. The number of rotatable bonds is 4. The van der Waals surface area contributed by atoms with Crippen LogP contribution in [0.15, 0.2) is 30.0 Å². The first-order valence-corrected chi connectivity index (χ1v) is 4.36. The number of amides is 1. The van der Waals surface area contributed by atoms with Crippen LogP contribution in [0.5, 0.6) is 0 Å². The lowest BCUT2D eigenvalue weighted by molar-refractivity contribution is -0.133. The van der Waals surface area contributed by atoms with Gasteiger partial charge >= 0.3 is 5.97 Å². The molecule has 0 saturated carbocycles. The van der Waals surface area contributed by atoms with Gasteiger partial charge in [0.1, 0.15) is 5.70 Å². The van der Waals surface area contributed by atoms with Gasteiger partial charge in [-0.05, 0) is 24.1 Å². The van der Waals surface area contributed by atoms with Crippen molar-refractivity contribution in [3.05, 3.63) is 41.1 Å². The third-order valence-corrected chi connectivity index (χ3v) is 1.93. The van der Waals surface area contributed by atoms with Crippen LogP contribution in [0.2, 0.25) is 0 Å². The quantitative estimate of drug-likeness (QED) is 0.572. The molecule has 1 rings (SSSR count). The van der Waals surface area contributed by atoms with Crippen LogP contribution in [0.4, 0.5) is 0 Å². The van der Waals surface area contributed by atoms with Crippen molar-refractivity contribution in [3.63, 3.8) is 0 Å². The number of aryl methyl sites for hydroxylation is 1. The summed E-state index contributed by atoms with van der Waals surface area (Å²) in [7, 11) is 0. The number of hydrogen-bond donors (Lipinski definition) is 2. The van der Waals surface area contributed by atoms with Gasteiger partial charge in [-0.1, -0.05) is 24.3 Å². The Morgan fingerprint density at radius 1 is 1.40 bits per heavy atom. The van der Waals surface area contributed by atoms with E-state index in [1.165, 1.54) is 6.08 Å². The van der Waals surface area contributed by atoms with Gasteiger partial charge in [-0.25, -0.2) is 4.79 Å². The zero-order chi connectivity index (χ0) is 11.3. The van der Waals surface area contributed by atoms with E-state index >= 15 is 0 Å². The standard InChI is InChI=1S/C11H11NO3/c1-8-4-2-3-5-9(8)6-10(11(14)15)12-7-13/h2-7H,1H3,(H,12,13)(H,14,15). The second-order valence-corrected chi connectivity index (χ2v) is 2.98. The van der Waals surface area contributed by atoms with Crippen LogP contribution in [-0.2, 0) is 9.59 Å². The first-order valence-electron chi connectivity index (χ1n) is 4.36. The number of hydrogen-bond acceptors (Lipinski definition) is 2. The van der Waals surface area contributed by atoms with Crippen molar-refractivity contribution < 1.29 is 14.7 Å². The molecular formula is C11H11NO3. The zero-order valence-corrected chi connectivity index (χ0v) is 8.23. The Bertz CT molecular complexity index is 410. The summed E-state index contributed by atoms with van der Waals surface area (Å²) in [5.74, 6) is -1.16. The highest BCUT2D eigenvalue weighted by molar-refractivity contribution is 5.93. The van der Waals surface area contributed by atoms with Crippen LogP contribution in [0.3, 0.4) is 0 Å². The molecule has 1 amide bonds. The first kappa shape index (κ1) is 11.0. The van der Waals surface area contributed by atoms with Crippen molar-refractivity contribution in [3.8, 4) is 0 Å². The summed E-state index contributed by atoms with van der Waals surface area (Å²) in [4.78, 5) is 20.9. The zero-order valence-electron chi connectivity index (χ0n) is 8.23. The van der Waals surface area contributed by atoms with E-state index in [2.05, 4.69) is 5.32 Å². The average Bonchev–Trinajstić information content (AvgIpc) is 2.20. The molecule has 1 aromatic carbocycles. The van der Waals surface area contributed by atoms with Crippen molar-refractivity contribution in [2.45, 2.75) is 6.92 Å². The number of carboxylic acids is 1. The van der Waals surface area contributed by atoms with Gasteiger partial charge in [0, 0.05) is 0 Å². The van der Waals surface area contributed by atoms with Crippen LogP contribution >= 0.6 is 0 Å². The lowest BCUT2D eigenvalue weighted by Crippen LogP contribution is -2.18. The van der Waals surface area contributed by atoms with Crippen molar-refractivity contribution in [1.82, 2.24) is 5.32 Å². The number of carbonyl (C=O) groups is 2. The summed E-state index contributed by atoms with van der Waals surface area (Å²) in [5, 5.41) is 10.9.